The fourth-order valence-electron chi connectivity index (χ4n) is 5.53. The number of ether oxygens (including phenoxy) is 1. The minimum absolute atomic E-state index is 0.00697. The molecule has 14 heteroatoms. The van der Waals surface area contributed by atoms with Crippen LogP contribution in [-0.2, 0) is 22.9 Å². The molecule has 1 saturated heterocycles. The van der Waals surface area contributed by atoms with Crippen molar-refractivity contribution in [1.29, 1.82) is 0 Å². The molecule has 5 aliphatic rings. The molecule has 1 heterocycles. The van der Waals surface area contributed by atoms with Crippen molar-refractivity contribution in [2.45, 2.75) is 32.7 Å². The molecule has 4 fully saturated rings. The average molecular weight is 602 g/mol. The number of phosphoric ester groups is 1. The van der Waals surface area contributed by atoms with Gasteiger partial charge in [0.1, 0.15) is 15.1 Å². The number of allylic oxidation sites excluding steroid dienone is 2. The quantitative estimate of drug-likeness (QED) is 0.113. The molecule has 5 nitrogen and oxygen atoms in total. The van der Waals surface area contributed by atoms with Gasteiger partial charge in [-0.05, 0) is 18.3 Å². The lowest BCUT2D eigenvalue weighted by molar-refractivity contribution is 0.194. The molecule has 30 heavy (non-hydrogen) atoms. The van der Waals surface area contributed by atoms with Crippen LogP contribution in [0.15, 0.2) is 20.8 Å². The van der Waals surface area contributed by atoms with Crippen LogP contribution in [0.1, 0.15) is 6.42 Å². The molecule has 8 atom stereocenters. The van der Waals surface area contributed by atoms with Crippen molar-refractivity contribution in [3.05, 3.63) is 20.8 Å². The Hall–Kier alpha value is 1.71. The fraction of sp³-hybridized carbons (Fsp3) is 0.750. The highest BCUT2D eigenvalue weighted by atomic mass is 35.5. The van der Waals surface area contributed by atoms with E-state index in [1.807, 2.05) is 0 Å². The van der Waals surface area contributed by atoms with Crippen LogP contribution in [0.3, 0.4) is 0 Å². The van der Waals surface area contributed by atoms with Gasteiger partial charge in [0.2, 0.25) is 0 Å². The predicted molar refractivity (Wildman–Crippen MR) is 120 cm³/mol. The lowest BCUT2D eigenvalue weighted by atomic mass is 9.73. The first-order chi connectivity index (χ1) is 13.8. The van der Waals surface area contributed by atoms with Gasteiger partial charge in [-0.25, -0.2) is 4.57 Å². The summed E-state index contributed by atoms with van der Waals surface area (Å²) in [5.41, 5.74) is 0. The highest BCUT2D eigenvalue weighted by Crippen LogP contribution is 2.82. The number of epoxide rings is 1. The van der Waals surface area contributed by atoms with E-state index in [9.17, 15) is 4.57 Å². The van der Waals surface area contributed by atoms with E-state index in [2.05, 4.69) is 13.6 Å². The van der Waals surface area contributed by atoms with Crippen LogP contribution < -0.4 is 0 Å². The summed E-state index contributed by atoms with van der Waals surface area (Å²) in [6, 6.07) is 0. The van der Waals surface area contributed by atoms with Gasteiger partial charge in [-0.15, -0.1) is 46.4 Å². The second-order valence-corrected chi connectivity index (χ2v) is 14.1. The minimum Gasteiger partial charge on any atom is -0.409 e. The van der Waals surface area contributed by atoms with Gasteiger partial charge in [-0.2, -0.15) is 0 Å². The predicted octanol–water partition coefficient (Wildman–Crippen LogP) is 7.16. The first kappa shape index (κ1) is 24.8. The molecule has 0 N–H and O–H groups in total. The van der Waals surface area contributed by atoms with Crippen LogP contribution in [0.2, 0.25) is 0 Å². The number of fused-ring (bicyclic) bond motifs is 12. The Balaban J connectivity index is 0.000000173. The largest absolute Gasteiger partial charge is 0.529 e. The Morgan fingerprint density at radius 3 is 1.77 bits per heavy atom. The van der Waals surface area contributed by atoms with Crippen molar-refractivity contribution in [2.24, 2.45) is 23.7 Å². The maximum atomic E-state index is 11.0. The topological polar surface area (TPSA) is 57.3 Å². The third-order valence-corrected chi connectivity index (χ3v) is 11.5. The zero-order valence-corrected chi connectivity index (χ0v) is 22.2. The van der Waals surface area contributed by atoms with Gasteiger partial charge < -0.3 is 9.26 Å². The number of phosphoric acid groups is 1. The number of alkyl halides is 4. The lowest BCUT2D eigenvalue weighted by Crippen LogP contribution is -2.42. The minimum atomic E-state index is -3.48. The third kappa shape index (κ3) is 3.33. The van der Waals surface area contributed by atoms with Crippen molar-refractivity contribution < 1.29 is 22.9 Å². The van der Waals surface area contributed by atoms with Crippen LogP contribution in [0.25, 0.3) is 0 Å². The van der Waals surface area contributed by atoms with Crippen LogP contribution >= 0.6 is 101 Å². The standard InChI is InChI=1S/C12H8Cl6O.C4H7Cl2O4P/c13-8-9(14)11(16)1-10(8,15)2-3(11)5-7-6(19-7)4(2)12(5,17)18;1-8-11(7,9-2)10-3-4(5)6/h2-7H,1H2;3H,1-2H3. The maximum absolute atomic E-state index is 11.0. The smallest absolute Gasteiger partial charge is 0.409 e. The van der Waals surface area contributed by atoms with Crippen LogP contribution in [0.4, 0.5) is 0 Å². The molecular weight excluding hydrogens is 587 g/mol. The summed E-state index contributed by atoms with van der Waals surface area (Å²) in [6.07, 6.45) is 1.66. The van der Waals surface area contributed by atoms with Gasteiger partial charge in [-0.3, -0.25) is 9.05 Å². The van der Waals surface area contributed by atoms with Crippen LogP contribution in [-0.4, -0.2) is 40.5 Å². The number of hydrogen-bond donors (Lipinski definition) is 0. The number of rotatable bonds is 4. The Morgan fingerprint density at radius 2 is 1.40 bits per heavy atom. The summed E-state index contributed by atoms with van der Waals surface area (Å²) in [6.45, 7) is 0. The molecule has 0 amide bonds. The molecule has 0 aromatic rings. The van der Waals surface area contributed by atoms with Crippen molar-refractivity contribution >= 4 is 101 Å². The fourth-order valence-corrected chi connectivity index (χ4v) is 9.38. The molecule has 8 unspecified atom stereocenters. The third-order valence-electron chi connectivity index (χ3n) is 6.53. The summed E-state index contributed by atoms with van der Waals surface area (Å²) < 4.78 is 29.0. The Bertz CT molecular complexity index is 826. The van der Waals surface area contributed by atoms with E-state index in [0.717, 1.165) is 6.26 Å². The second-order valence-electron chi connectivity index (χ2n) is 7.70. The SMILES string of the molecule is COP(=O)(OC)OC=C(Cl)Cl.ClC1=C(Cl)C2(Cl)CC1(Cl)C1C2C2C3OC3C1C2(Cl)Cl. The zero-order chi connectivity index (χ0) is 22.4. The van der Waals surface area contributed by atoms with Gasteiger partial charge in [0, 0.05) is 26.1 Å². The van der Waals surface area contributed by atoms with E-state index in [-0.39, 0.29) is 40.4 Å². The Labute approximate surface area is 213 Å². The van der Waals surface area contributed by atoms with Gasteiger partial charge in [0.25, 0.3) is 0 Å². The number of halogens is 8. The summed E-state index contributed by atoms with van der Waals surface area (Å²) in [4.78, 5) is -1.45. The lowest BCUT2D eigenvalue weighted by Gasteiger charge is -2.38. The van der Waals surface area contributed by atoms with E-state index < -0.39 is 21.9 Å². The monoisotopic (exact) mass is 598 g/mol. The van der Waals surface area contributed by atoms with Crippen molar-refractivity contribution in [2.75, 3.05) is 14.2 Å². The molecule has 1 aliphatic heterocycles. The first-order valence-electron chi connectivity index (χ1n) is 8.67. The summed E-state index contributed by atoms with van der Waals surface area (Å²) in [5.74, 6) is 0.0794. The second kappa shape index (κ2) is 7.86. The van der Waals surface area contributed by atoms with Gasteiger partial charge in [0.05, 0.1) is 32.0 Å². The molecule has 4 bridgehead atoms. The van der Waals surface area contributed by atoms with Crippen LogP contribution in [0, 0.1) is 23.7 Å². The molecule has 0 aromatic carbocycles. The van der Waals surface area contributed by atoms with E-state index in [0.29, 0.717) is 16.5 Å². The summed E-state index contributed by atoms with van der Waals surface area (Å²) in [7, 11) is -1.12. The Morgan fingerprint density at radius 1 is 0.967 bits per heavy atom. The molecule has 0 aromatic heterocycles. The highest BCUT2D eigenvalue weighted by molar-refractivity contribution is 7.48. The normalized spacial score (nSPS) is 46.2. The molecule has 0 radical (unpaired) electrons. The van der Waals surface area contributed by atoms with E-state index >= 15 is 0 Å². The first-order valence-corrected chi connectivity index (χ1v) is 13.2. The number of hydrogen-bond acceptors (Lipinski definition) is 5. The molecule has 0 spiro atoms. The molecule has 3 saturated carbocycles. The summed E-state index contributed by atoms with van der Waals surface area (Å²) >= 11 is 49.9. The van der Waals surface area contributed by atoms with Crippen molar-refractivity contribution in [1.82, 2.24) is 0 Å². The molecule has 4 aliphatic carbocycles. The van der Waals surface area contributed by atoms with E-state index in [4.69, 9.17) is 97.5 Å². The van der Waals surface area contributed by atoms with E-state index in [1.165, 1.54) is 14.2 Å². The van der Waals surface area contributed by atoms with Gasteiger partial charge >= 0.3 is 7.82 Å². The molecular formula is C16H15Cl8O5P. The molecule has 5 rings (SSSR count). The van der Waals surface area contributed by atoms with Crippen molar-refractivity contribution in [3.63, 3.8) is 0 Å². The van der Waals surface area contributed by atoms with Gasteiger partial charge in [0.15, 0.2) is 0 Å². The van der Waals surface area contributed by atoms with Crippen LogP contribution in [0.5, 0.6) is 0 Å². The Kier molecular flexibility index (Phi) is 6.51. The average Bonchev–Trinajstić information content (AvgIpc) is 3.27. The zero-order valence-electron chi connectivity index (χ0n) is 15.3. The van der Waals surface area contributed by atoms with Gasteiger partial charge in [-0.1, -0.05) is 46.4 Å². The van der Waals surface area contributed by atoms with Crippen molar-refractivity contribution in [3.8, 4) is 0 Å². The highest BCUT2D eigenvalue weighted by Gasteiger charge is 2.87. The maximum Gasteiger partial charge on any atom is 0.529 e. The van der Waals surface area contributed by atoms with E-state index in [1.54, 1.807) is 0 Å². The molecule has 170 valence electrons. The summed E-state index contributed by atoms with van der Waals surface area (Å²) in [5, 5.41) is 0.946.